The Morgan fingerprint density at radius 2 is 1.77 bits per heavy atom. The number of benzene rings is 2. The quantitative estimate of drug-likeness (QED) is 0.333. The maximum Gasteiger partial charge on any atom is 0.263 e. The lowest BCUT2D eigenvalue weighted by atomic mass is 10.2. The van der Waals surface area contributed by atoms with E-state index in [0.29, 0.717) is 21.5 Å². The molecule has 0 bridgehead atoms. The summed E-state index contributed by atoms with van der Waals surface area (Å²) in [6, 6.07) is 12.6. The summed E-state index contributed by atoms with van der Waals surface area (Å²) in [6.07, 6.45) is 2.56. The number of anilines is 1. The van der Waals surface area contributed by atoms with E-state index in [-0.39, 0.29) is 0 Å². The van der Waals surface area contributed by atoms with E-state index < -0.39 is 22.0 Å². The summed E-state index contributed by atoms with van der Waals surface area (Å²) in [5.74, 6) is -0.0110. The Kier molecular flexibility index (Phi) is 8.15. The lowest BCUT2D eigenvalue weighted by molar-refractivity contribution is -0.121. The largest absolute Gasteiger partial charge is 0.497 e. The van der Waals surface area contributed by atoms with E-state index in [1.807, 2.05) is 30.5 Å². The van der Waals surface area contributed by atoms with Crippen LogP contribution in [0, 0.1) is 13.8 Å². The average molecular weight is 537 g/mol. The van der Waals surface area contributed by atoms with Gasteiger partial charge < -0.3 is 9.30 Å². The standard InChI is InChI=1S/C24H26Cl2N4O4S/c1-15-12-18(16(2)29(15)20-8-11-22(25)23(26)13-20)14-27-28-24(31)17(3)30(35(5,32)33)19-6-9-21(34-4)10-7-19/h6-14,17H,1-5H3,(H,28,31)/b27-14+. The van der Waals surface area contributed by atoms with Crippen molar-refractivity contribution in [2.75, 3.05) is 17.7 Å². The third-order valence-electron chi connectivity index (χ3n) is 5.43. The van der Waals surface area contributed by atoms with Crippen molar-refractivity contribution in [1.82, 2.24) is 9.99 Å². The summed E-state index contributed by atoms with van der Waals surface area (Å²) in [7, 11) is -2.24. The van der Waals surface area contributed by atoms with Crippen LogP contribution >= 0.6 is 23.2 Å². The molecule has 0 radical (unpaired) electrons. The van der Waals surface area contributed by atoms with Crippen molar-refractivity contribution < 1.29 is 17.9 Å². The van der Waals surface area contributed by atoms with Gasteiger partial charge in [-0.25, -0.2) is 13.8 Å². The Hall–Kier alpha value is -3.01. The summed E-state index contributed by atoms with van der Waals surface area (Å²) >= 11 is 12.2. The summed E-state index contributed by atoms with van der Waals surface area (Å²) in [4.78, 5) is 12.8. The molecule has 0 saturated carbocycles. The summed E-state index contributed by atoms with van der Waals surface area (Å²) in [5.41, 5.74) is 6.21. The van der Waals surface area contributed by atoms with Gasteiger partial charge in [0.05, 0.1) is 35.3 Å². The van der Waals surface area contributed by atoms with E-state index in [1.165, 1.54) is 20.2 Å². The SMILES string of the molecule is COc1ccc(N(C(C)C(=O)N/N=C/c2cc(C)n(-c3ccc(Cl)c(Cl)c3)c2C)S(C)(=O)=O)cc1. The molecule has 0 aliphatic heterocycles. The van der Waals surface area contributed by atoms with Crippen LogP contribution in [0.1, 0.15) is 23.9 Å². The lowest BCUT2D eigenvalue weighted by Crippen LogP contribution is -2.46. The van der Waals surface area contributed by atoms with Crippen molar-refractivity contribution in [3.8, 4) is 11.4 Å². The highest BCUT2D eigenvalue weighted by molar-refractivity contribution is 7.92. The zero-order valence-electron chi connectivity index (χ0n) is 19.9. The summed E-state index contributed by atoms with van der Waals surface area (Å²) in [5, 5.41) is 4.97. The van der Waals surface area contributed by atoms with Crippen molar-refractivity contribution in [3.05, 3.63) is 75.5 Å². The van der Waals surface area contributed by atoms with Crippen molar-refractivity contribution >= 4 is 51.0 Å². The molecule has 3 rings (SSSR count). The van der Waals surface area contributed by atoms with Crippen LogP contribution in [0.4, 0.5) is 5.69 Å². The molecule has 0 aliphatic carbocycles. The number of nitrogens with zero attached hydrogens (tertiary/aromatic N) is 3. The van der Waals surface area contributed by atoms with Gasteiger partial charge in [-0.15, -0.1) is 0 Å². The van der Waals surface area contributed by atoms with E-state index in [4.69, 9.17) is 27.9 Å². The average Bonchev–Trinajstić information content (AvgIpc) is 3.08. The Balaban J connectivity index is 1.79. The monoisotopic (exact) mass is 536 g/mol. The minimum absolute atomic E-state index is 0.338. The molecule has 1 amide bonds. The topological polar surface area (TPSA) is 93.0 Å². The molecule has 1 heterocycles. The second kappa shape index (κ2) is 10.7. The van der Waals surface area contributed by atoms with Crippen molar-refractivity contribution in [2.45, 2.75) is 26.8 Å². The highest BCUT2D eigenvalue weighted by atomic mass is 35.5. The van der Waals surface area contributed by atoms with Crippen LogP contribution < -0.4 is 14.5 Å². The third-order valence-corrected chi connectivity index (χ3v) is 7.41. The molecular formula is C24H26Cl2N4O4S. The fourth-order valence-corrected chi connectivity index (χ4v) is 5.20. The van der Waals surface area contributed by atoms with Crippen LogP contribution in [0.3, 0.4) is 0 Å². The van der Waals surface area contributed by atoms with Gasteiger partial charge in [-0.3, -0.25) is 9.10 Å². The van der Waals surface area contributed by atoms with Crippen LogP contribution in [-0.2, 0) is 14.8 Å². The Bertz CT molecular complexity index is 1370. The normalized spacial score (nSPS) is 12.5. The molecule has 3 aromatic rings. The lowest BCUT2D eigenvalue weighted by Gasteiger charge is -2.27. The number of methoxy groups -OCH3 is 1. The van der Waals surface area contributed by atoms with E-state index in [1.54, 1.807) is 36.4 Å². The number of hydrazone groups is 1. The molecule has 186 valence electrons. The number of halogens is 2. The zero-order valence-corrected chi connectivity index (χ0v) is 22.2. The van der Waals surface area contributed by atoms with Crippen LogP contribution in [0.25, 0.3) is 5.69 Å². The Morgan fingerprint density at radius 1 is 1.11 bits per heavy atom. The smallest absolute Gasteiger partial charge is 0.263 e. The first-order valence-corrected chi connectivity index (χ1v) is 13.1. The van der Waals surface area contributed by atoms with Gasteiger partial charge in [-0.05, 0) is 69.3 Å². The molecule has 1 unspecified atom stereocenters. The van der Waals surface area contributed by atoms with E-state index in [0.717, 1.165) is 33.2 Å². The van der Waals surface area contributed by atoms with Crippen LogP contribution in [0.2, 0.25) is 10.0 Å². The number of carbonyl (C=O) groups is 1. The van der Waals surface area contributed by atoms with Gasteiger partial charge >= 0.3 is 0 Å². The minimum Gasteiger partial charge on any atom is -0.497 e. The molecule has 1 N–H and O–H groups in total. The van der Waals surface area contributed by atoms with E-state index in [2.05, 4.69) is 10.5 Å². The maximum absolute atomic E-state index is 12.8. The number of hydrogen-bond acceptors (Lipinski definition) is 5. The summed E-state index contributed by atoms with van der Waals surface area (Å²) in [6.45, 7) is 5.34. The number of aryl methyl sites for hydroxylation is 1. The van der Waals surface area contributed by atoms with Gasteiger partial charge in [-0.1, -0.05) is 23.2 Å². The zero-order chi connectivity index (χ0) is 25.9. The van der Waals surface area contributed by atoms with Gasteiger partial charge in [0.2, 0.25) is 10.0 Å². The Morgan fingerprint density at radius 3 is 2.34 bits per heavy atom. The molecule has 8 nitrogen and oxygen atoms in total. The highest BCUT2D eigenvalue weighted by Gasteiger charge is 2.29. The van der Waals surface area contributed by atoms with Gasteiger partial charge in [0.1, 0.15) is 11.8 Å². The molecule has 0 aliphatic rings. The number of ether oxygens (including phenoxy) is 1. The fraction of sp³-hybridized carbons (Fsp3) is 0.250. The number of nitrogens with one attached hydrogen (secondary N) is 1. The van der Waals surface area contributed by atoms with Gasteiger partial charge in [0.25, 0.3) is 5.91 Å². The number of hydrogen-bond donors (Lipinski definition) is 1. The first kappa shape index (κ1) is 26.6. The van der Waals surface area contributed by atoms with Crippen LogP contribution in [0.15, 0.2) is 53.6 Å². The van der Waals surface area contributed by atoms with Gasteiger partial charge in [0.15, 0.2) is 0 Å². The number of rotatable bonds is 8. The molecule has 11 heteroatoms. The van der Waals surface area contributed by atoms with Crippen molar-refractivity contribution in [1.29, 1.82) is 0 Å². The molecule has 1 atom stereocenters. The predicted molar refractivity (Wildman–Crippen MR) is 141 cm³/mol. The molecule has 0 spiro atoms. The molecule has 0 fully saturated rings. The first-order valence-electron chi connectivity index (χ1n) is 10.5. The molecular weight excluding hydrogens is 511 g/mol. The second-order valence-electron chi connectivity index (χ2n) is 7.93. The van der Waals surface area contributed by atoms with Crippen LogP contribution in [0.5, 0.6) is 5.75 Å². The molecule has 0 saturated heterocycles. The fourth-order valence-electron chi connectivity index (χ4n) is 3.74. The summed E-state index contributed by atoms with van der Waals surface area (Å²) < 4.78 is 33.0. The number of amides is 1. The molecule has 35 heavy (non-hydrogen) atoms. The van der Waals surface area contributed by atoms with E-state index in [9.17, 15) is 13.2 Å². The van der Waals surface area contributed by atoms with Gasteiger partial charge in [0, 0.05) is 22.6 Å². The maximum atomic E-state index is 12.8. The van der Waals surface area contributed by atoms with Crippen molar-refractivity contribution in [3.63, 3.8) is 0 Å². The van der Waals surface area contributed by atoms with E-state index >= 15 is 0 Å². The number of carbonyl (C=O) groups excluding carboxylic acids is 1. The van der Waals surface area contributed by atoms with Crippen LogP contribution in [-0.4, -0.2) is 44.5 Å². The minimum atomic E-state index is -3.75. The number of sulfonamides is 1. The molecule has 2 aromatic carbocycles. The molecule has 1 aromatic heterocycles. The highest BCUT2D eigenvalue weighted by Crippen LogP contribution is 2.27. The predicted octanol–water partition coefficient (Wildman–Crippen LogP) is 4.71. The van der Waals surface area contributed by atoms with Gasteiger partial charge in [-0.2, -0.15) is 5.10 Å². The second-order valence-corrected chi connectivity index (χ2v) is 10.6. The third kappa shape index (κ3) is 5.98. The first-order chi connectivity index (χ1) is 16.4. The Labute approximate surface area is 215 Å². The van der Waals surface area contributed by atoms with Crippen molar-refractivity contribution in [2.24, 2.45) is 5.10 Å². The number of aromatic nitrogens is 1.